The SMILES string of the molecule is CC1(C)N=NC2=C(CCCC2)N1O. The standard InChI is InChI=1S/C9H15N3O/c1-9(2)11-10-7-5-3-4-6-8(7)12(9)13/h13H,3-6H2,1-2H3. The van der Waals surface area contributed by atoms with Crippen molar-refractivity contribution in [3.05, 3.63) is 11.4 Å². The highest BCUT2D eigenvalue weighted by Crippen LogP contribution is 2.35. The van der Waals surface area contributed by atoms with Gasteiger partial charge in [0, 0.05) is 0 Å². The smallest absolute Gasteiger partial charge is 0.171 e. The van der Waals surface area contributed by atoms with E-state index in [4.69, 9.17) is 0 Å². The number of azo groups is 1. The van der Waals surface area contributed by atoms with Crippen molar-refractivity contribution in [2.45, 2.75) is 45.2 Å². The second-order valence-electron chi connectivity index (χ2n) is 4.11. The number of allylic oxidation sites excluding steroid dienone is 2. The minimum atomic E-state index is -0.587. The van der Waals surface area contributed by atoms with Crippen LogP contribution in [0.2, 0.25) is 0 Å². The van der Waals surface area contributed by atoms with Gasteiger partial charge in [0.2, 0.25) is 0 Å². The van der Waals surface area contributed by atoms with Gasteiger partial charge in [-0.1, -0.05) is 0 Å². The van der Waals surface area contributed by atoms with Gasteiger partial charge in [-0.2, -0.15) is 10.2 Å². The summed E-state index contributed by atoms with van der Waals surface area (Å²) in [5, 5.41) is 19.4. The molecule has 0 amide bonds. The molecule has 0 saturated heterocycles. The van der Waals surface area contributed by atoms with Crippen LogP contribution in [-0.2, 0) is 0 Å². The predicted molar refractivity (Wildman–Crippen MR) is 48.1 cm³/mol. The zero-order valence-electron chi connectivity index (χ0n) is 8.12. The Bertz CT molecular complexity index is 281. The Hall–Kier alpha value is -0.900. The van der Waals surface area contributed by atoms with Crippen molar-refractivity contribution in [3.63, 3.8) is 0 Å². The molecule has 72 valence electrons. The fourth-order valence-electron chi connectivity index (χ4n) is 1.76. The molecular formula is C9H15N3O. The second-order valence-corrected chi connectivity index (χ2v) is 4.11. The molecule has 0 aromatic carbocycles. The highest BCUT2D eigenvalue weighted by atomic mass is 16.5. The monoisotopic (exact) mass is 181 g/mol. The molecule has 1 heterocycles. The Labute approximate surface area is 77.9 Å². The zero-order chi connectivity index (χ0) is 9.47. The van der Waals surface area contributed by atoms with Gasteiger partial charge >= 0.3 is 0 Å². The summed E-state index contributed by atoms with van der Waals surface area (Å²) >= 11 is 0. The molecule has 1 N–H and O–H groups in total. The van der Waals surface area contributed by atoms with Gasteiger partial charge in [0.25, 0.3) is 0 Å². The number of hydrogen-bond acceptors (Lipinski definition) is 4. The van der Waals surface area contributed by atoms with Crippen molar-refractivity contribution in [1.29, 1.82) is 0 Å². The van der Waals surface area contributed by atoms with Gasteiger partial charge in [0.15, 0.2) is 5.66 Å². The minimum absolute atomic E-state index is 0.587. The molecule has 0 fully saturated rings. The van der Waals surface area contributed by atoms with Gasteiger partial charge < -0.3 is 0 Å². The normalized spacial score (nSPS) is 26.2. The van der Waals surface area contributed by atoms with Crippen LogP contribution >= 0.6 is 0 Å². The lowest BCUT2D eigenvalue weighted by Crippen LogP contribution is -2.41. The van der Waals surface area contributed by atoms with E-state index in [-0.39, 0.29) is 0 Å². The fraction of sp³-hybridized carbons (Fsp3) is 0.778. The van der Waals surface area contributed by atoms with Crippen molar-refractivity contribution < 1.29 is 5.21 Å². The van der Waals surface area contributed by atoms with Crippen LogP contribution in [0.1, 0.15) is 39.5 Å². The van der Waals surface area contributed by atoms with Gasteiger partial charge in [-0.05, 0) is 39.5 Å². The number of rotatable bonds is 0. The van der Waals surface area contributed by atoms with Gasteiger partial charge in [0.1, 0.15) is 0 Å². The van der Waals surface area contributed by atoms with E-state index in [2.05, 4.69) is 10.2 Å². The maximum Gasteiger partial charge on any atom is 0.171 e. The second kappa shape index (κ2) is 2.80. The Balaban J connectivity index is 2.33. The van der Waals surface area contributed by atoms with Gasteiger partial charge in [-0.25, -0.2) is 5.06 Å². The number of nitrogens with zero attached hydrogens (tertiary/aromatic N) is 3. The van der Waals surface area contributed by atoms with Gasteiger partial charge in [0.05, 0.1) is 11.4 Å². The van der Waals surface area contributed by atoms with Crippen LogP contribution in [0.3, 0.4) is 0 Å². The molecular weight excluding hydrogens is 166 g/mol. The van der Waals surface area contributed by atoms with Crippen LogP contribution in [-0.4, -0.2) is 15.9 Å². The van der Waals surface area contributed by atoms with Crippen LogP contribution < -0.4 is 0 Å². The minimum Gasteiger partial charge on any atom is -0.286 e. The van der Waals surface area contributed by atoms with Crippen LogP contribution in [0.4, 0.5) is 0 Å². The van der Waals surface area contributed by atoms with Crippen LogP contribution in [0.5, 0.6) is 0 Å². The molecule has 1 aliphatic heterocycles. The molecule has 13 heavy (non-hydrogen) atoms. The van der Waals surface area contributed by atoms with E-state index >= 15 is 0 Å². The summed E-state index contributed by atoms with van der Waals surface area (Å²) in [6.45, 7) is 3.71. The average molecular weight is 181 g/mol. The molecule has 0 spiro atoms. The Morgan fingerprint density at radius 1 is 1.31 bits per heavy atom. The molecule has 0 aromatic rings. The van der Waals surface area contributed by atoms with Gasteiger partial charge in [-0.3, -0.25) is 5.21 Å². The largest absolute Gasteiger partial charge is 0.286 e. The lowest BCUT2D eigenvalue weighted by molar-refractivity contribution is -0.138. The van der Waals surface area contributed by atoms with E-state index in [0.29, 0.717) is 0 Å². The first kappa shape index (κ1) is 8.69. The third-order valence-electron chi connectivity index (χ3n) is 2.60. The van der Waals surface area contributed by atoms with E-state index in [1.165, 1.54) is 5.06 Å². The summed E-state index contributed by atoms with van der Waals surface area (Å²) in [7, 11) is 0. The first-order chi connectivity index (χ1) is 6.11. The van der Waals surface area contributed by atoms with Crippen molar-refractivity contribution >= 4 is 0 Å². The summed E-state index contributed by atoms with van der Waals surface area (Å²) in [5.74, 6) is 0. The van der Waals surface area contributed by atoms with Crippen LogP contribution in [0.25, 0.3) is 0 Å². The first-order valence-corrected chi connectivity index (χ1v) is 4.75. The molecule has 2 aliphatic rings. The highest BCUT2D eigenvalue weighted by Gasteiger charge is 2.33. The molecule has 4 nitrogen and oxygen atoms in total. The van der Waals surface area contributed by atoms with Crippen molar-refractivity contribution in [2.75, 3.05) is 0 Å². The molecule has 1 aliphatic carbocycles. The van der Waals surface area contributed by atoms with Crippen LogP contribution in [0.15, 0.2) is 21.6 Å². The van der Waals surface area contributed by atoms with Crippen molar-refractivity contribution in [3.8, 4) is 0 Å². The Morgan fingerprint density at radius 2 is 2.00 bits per heavy atom. The summed E-state index contributed by atoms with van der Waals surface area (Å²) in [6.07, 6.45) is 4.17. The number of hydrogen-bond donors (Lipinski definition) is 1. The molecule has 0 radical (unpaired) electrons. The lowest BCUT2D eigenvalue weighted by atomic mass is 9.99. The molecule has 4 heteroatoms. The average Bonchev–Trinajstić information content (AvgIpc) is 2.13. The molecule has 0 aromatic heterocycles. The third kappa shape index (κ3) is 1.35. The lowest BCUT2D eigenvalue weighted by Gasteiger charge is -2.37. The van der Waals surface area contributed by atoms with Crippen LogP contribution in [0, 0.1) is 0 Å². The zero-order valence-corrected chi connectivity index (χ0v) is 8.12. The summed E-state index contributed by atoms with van der Waals surface area (Å²) in [5.41, 5.74) is 1.34. The highest BCUT2D eigenvalue weighted by molar-refractivity contribution is 5.17. The maximum absolute atomic E-state index is 9.85. The van der Waals surface area contributed by atoms with Gasteiger partial charge in [-0.15, -0.1) is 0 Å². The quantitative estimate of drug-likeness (QED) is 0.624. The predicted octanol–water partition coefficient (Wildman–Crippen LogP) is 2.67. The molecule has 0 saturated carbocycles. The Morgan fingerprint density at radius 3 is 2.77 bits per heavy atom. The maximum atomic E-state index is 9.85. The summed E-state index contributed by atoms with van der Waals surface area (Å²) < 4.78 is 0. The van der Waals surface area contributed by atoms with E-state index in [0.717, 1.165) is 37.1 Å². The van der Waals surface area contributed by atoms with E-state index < -0.39 is 5.66 Å². The molecule has 0 unspecified atom stereocenters. The molecule has 0 atom stereocenters. The summed E-state index contributed by atoms with van der Waals surface area (Å²) in [4.78, 5) is 0. The number of hydroxylamine groups is 2. The van der Waals surface area contributed by atoms with E-state index in [1.807, 2.05) is 13.8 Å². The molecule has 2 rings (SSSR count). The van der Waals surface area contributed by atoms with Crippen molar-refractivity contribution in [1.82, 2.24) is 5.06 Å². The van der Waals surface area contributed by atoms with E-state index in [1.54, 1.807) is 0 Å². The first-order valence-electron chi connectivity index (χ1n) is 4.75. The molecule has 0 bridgehead atoms. The fourth-order valence-corrected chi connectivity index (χ4v) is 1.76. The third-order valence-corrected chi connectivity index (χ3v) is 2.60. The van der Waals surface area contributed by atoms with Crippen molar-refractivity contribution in [2.24, 2.45) is 10.2 Å². The Kier molecular flexibility index (Phi) is 1.87. The topological polar surface area (TPSA) is 48.2 Å². The van der Waals surface area contributed by atoms with E-state index in [9.17, 15) is 5.21 Å². The summed E-state index contributed by atoms with van der Waals surface area (Å²) in [6, 6.07) is 0.